The Hall–Kier alpha value is -5.31. The van der Waals surface area contributed by atoms with Crippen LogP contribution in [0.5, 0.6) is 11.5 Å². The first-order chi connectivity index (χ1) is 27.5. The maximum absolute atomic E-state index is 6.54. The molecule has 0 radical (unpaired) electrons. The first kappa shape index (κ1) is 39.5. The maximum Gasteiger partial charge on any atom is 2.00 e. The first-order valence-electron chi connectivity index (χ1n) is 20.3. The number of aromatic nitrogens is 3. The molecule has 58 heavy (non-hydrogen) atoms. The molecule has 1 fully saturated rings. The number of nitrogens with zero attached hydrogens (tertiary/aromatic N) is 3. The molecule has 4 nitrogen and oxygen atoms in total. The van der Waals surface area contributed by atoms with Crippen molar-refractivity contribution in [3.63, 3.8) is 0 Å². The predicted molar refractivity (Wildman–Crippen MR) is 236 cm³/mol. The summed E-state index contributed by atoms with van der Waals surface area (Å²) in [4.78, 5) is 9.73. The SMILES string of the molecule is Cc1ccc(-c2cc(-c3[c-]c(Oc4[c-]c5c(cc4)c4cc(-c6ccc(C7CCC(C)(C)CC7)cc6)ccc4n5-c4cc(C)c(C)cn4)ccc3)ncc2C)c(C)c1.[Pt+2]. The van der Waals surface area contributed by atoms with Crippen LogP contribution in [-0.2, 0) is 21.1 Å². The molecule has 1 saturated carbocycles. The Kier molecular flexibility index (Phi) is 10.8. The summed E-state index contributed by atoms with van der Waals surface area (Å²) in [6, 6.07) is 44.3. The zero-order valence-electron chi connectivity index (χ0n) is 34.4. The number of pyridine rings is 2. The van der Waals surface area contributed by atoms with E-state index in [-0.39, 0.29) is 21.1 Å². The monoisotopic (exact) mass is 938 g/mol. The van der Waals surface area contributed by atoms with Gasteiger partial charge in [-0.2, -0.15) is 6.07 Å². The third-order valence-corrected chi connectivity index (χ3v) is 12.3. The summed E-state index contributed by atoms with van der Waals surface area (Å²) in [5.74, 6) is 2.73. The van der Waals surface area contributed by atoms with Crippen molar-refractivity contribution < 1.29 is 25.8 Å². The number of rotatable bonds is 7. The summed E-state index contributed by atoms with van der Waals surface area (Å²) in [6.45, 7) is 15.5. The Labute approximate surface area is 357 Å². The zero-order valence-corrected chi connectivity index (χ0v) is 36.7. The van der Waals surface area contributed by atoms with Gasteiger partial charge in [0.15, 0.2) is 0 Å². The number of hydrogen-bond acceptors (Lipinski definition) is 3. The molecule has 3 aromatic heterocycles. The van der Waals surface area contributed by atoms with Crippen molar-refractivity contribution >= 4 is 21.8 Å². The summed E-state index contributed by atoms with van der Waals surface area (Å²) in [5.41, 5.74) is 16.5. The van der Waals surface area contributed by atoms with Crippen LogP contribution in [0.15, 0.2) is 116 Å². The molecule has 0 atom stereocenters. The molecule has 0 saturated heterocycles. The quantitative estimate of drug-likeness (QED) is 0.150. The fourth-order valence-electron chi connectivity index (χ4n) is 8.67. The third-order valence-electron chi connectivity index (χ3n) is 12.3. The van der Waals surface area contributed by atoms with Crippen LogP contribution in [0.4, 0.5) is 0 Å². The van der Waals surface area contributed by atoms with Crippen LogP contribution in [0.3, 0.4) is 0 Å². The van der Waals surface area contributed by atoms with Gasteiger partial charge in [-0.15, -0.1) is 41.3 Å². The average molecular weight is 939 g/mol. The van der Waals surface area contributed by atoms with Gasteiger partial charge in [0, 0.05) is 29.4 Å². The molecular weight excluding hydrogens is 890 g/mol. The van der Waals surface area contributed by atoms with Crippen LogP contribution < -0.4 is 4.74 Å². The van der Waals surface area contributed by atoms with Crippen LogP contribution in [0, 0.1) is 52.2 Å². The molecule has 0 amide bonds. The summed E-state index contributed by atoms with van der Waals surface area (Å²) in [5, 5.41) is 2.25. The van der Waals surface area contributed by atoms with E-state index >= 15 is 0 Å². The molecule has 1 aliphatic rings. The number of aryl methyl sites for hydroxylation is 5. The standard InChI is InChI=1S/C53H49N3O.Pt/c1-33-11-18-45(35(3)25-33)47-30-49(54-32-37(47)5)42-9-8-10-43(27-42)57-44-17-19-46-48-28-41(39-14-12-38(13-15-39)40-21-23-53(6,7)24-22-40)16-20-50(48)56(51(46)29-44)52-26-34(2)36(4)31-55-52;/h8-20,25-26,28,30-32,40H,21-24H2,1-7H3;/q-2;+2. The van der Waals surface area contributed by atoms with Crippen LogP contribution in [0.1, 0.15) is 78.8 Å². The van der Waals surface area contributed by atoms with Crippen molar-refractivity contribution in [2.45, 2.75) is 80.1 Å². The molecule has 292 valence electrons. The Morgan fingerprint density at radius 3 is 2.14 bits per heavy atom. The predicted octanol–water partition coefficient (Wildman–Crippen LogP) is 14.2. The molecule has 5 heteroatoms. The largest absolute Gasteiger partial charge is 2.00 e. The Morgan fingerprint density at radius 1 is 0.638 bits per heavy atom. The summed E-state index contributed by atoms with van der Waals surface area (Å²) < 4.78 is 8.76. The van der Waals surface area contributed by atoms with Crippen molar-refractivity contribution in [1.29, 1.82) is 0 Å². The van der Waals surface area contributed by atoms with Gasteiger partial charge in [-0.25, -0.2) is 4.98 Å². The van der Waals surface area contributed by atoms with Crippen molar-refractivity contribution in [3.8, 4) is 50.8 Å². The average Bonchev–Trinajstić information content (AvgIpc) is 3.52. The second-order valence-corrected chi connectivity index (χ2v) is 17.1. The summed E-state index contributed by atoms with van der Waals surface area (Å²) >= 11 is 0. The minimum absolute atomic E-state index is 0. The minimum Gasteiger partial charge on any atom is -0.503 e. The van der Waals surface area contributed by atoms with E-state index in [1.807, 2.05) is 36.7 Å². The van der Waals surface area contributed by atoms with E-state index in [0.29, 0.717) is 22.8 Å². The van der Waals surface area contributed by atoms with E-state index in [9.17, 15) is 0 Å². The van der Waals surface area contributed by atoms with E-state index in [1.54, 1.807) is 0 Å². The van der Waals surface area contributed by atoms with Crippen molar-refractivity contribution in [2.75, 3.05) is 0 Å². The Morgan fingerprint density at radius 2 is 1.38 bits per heavy atom. The van der Waals surface area contributed by atoms with E-state index in [4.69, 9.17) is 14.7 Å². The van der Waals surface area contributed by atoms with E-state index < -0.39 is 0 Å². The molecule has 3 heterocycles. The molecule has 0 bridgehead atoms. The normalized spacial score (nSPS) is 14.1. The molecule has 5 aromatic carbocycles. The van der Waals surface area contributed by atoms with E-state index in [1.165, 1.54) is 70.2 Å². The molecule has 1 aliphatic carbocycles. The number of fused-ring (bicyclic) bond motifs is 3. The Bertz CT molecular complexity index is 2800. The fourth-order valence-corrected chi connectivity index (χ4v) is 8.67. The van der Waals surface area contributed by atoms with E-state index in [2.05, 4.69) is 144 Å². The Balaban J connectivity index is 0.00000469. The van der Waals surface area contributed by atoms with Gasteiger partial charge in [0.1, 0.15) is 5.82 Å². The van der Waals surface area contributed by atoms with Crippen LogP contribution >= 0.6 is 0 Å². The molecular formula is C53H49N3OPt. The summed E-state index contributed by atoms with van der Waals surface area (Å²) in [7, 11) is 0. The molecule has 0 aliphatic heterocycles. The van der Waals surface area contributed by atoms with Crippen molar-refractivity contribution in [3.05, 3.63) is 161 Å². The number of hydrogen-bond donors (Lipinski definition) is 0. The third kappa shape index (κ3) is 7.68. The van der Waals surface area contributed by atoms with E-state index in [0.717, 1.165) is 50.0 Å². The second-order valence-electron chi connectivity index (χ2n) is 17.1. The first-order valence-corrected chi connectivity index (χ1v) is 20.3. The number of ether oxygens (including phenoxy) is 1. The second kappa shape index (κ2) is 15.8. The van der Waals surface area contributed by atoms with Crippen molar-refractivity contribution in [2.24, 2.45) is 5.41 Å². The van der Waals surface area contributed by atoms with Crippen LogP contribution in [0.25, 0.3) is 61.1 Å². The fraction of sp³-hybridized carbons (Fsp3) is 0.245. The van der Waals surface area contributed by atoms with Gasteiger partial charge < -0.3 is 14.3 Å². The molecule has 0 unspecified atom stereocenters. The molecule has 0 spiro atoms. The number of benzene rings is 5. The van der Waals surface area contributed by atoms with Gasteiger partial charge in [-0.3, -0.25) is 0 Å². The van der Waals surface area contributed by atoms with Gasteiger partial charge >= 0.3 is 21.1 Å². The molecule has 8 aromatic rings. The molecule has 0 N–H and O–H groups in total. The zero-order chi connectivity index (χ0) is 39.4. The van der Waals surface area contributed by atoms with Crippen molar-refractivity contribution in [1.82, 2.24) is 14.5 Å². The topological polar surface area (TPSA) is 39.9 Å². The smallest absolute Gasteiger partial charge is 0.503 e. The van der Waals surface area contributed by atoms with Gasteiger partial charge in [0.2, 0.25) is 0 Å². The molecule has 9 rings (SSSR count). The maximum atomic E-state index is 6.54. The summed E-state index contributed by atoms with van der Waals surface area (Å²) in [6.07, 6.45) is 9.04. The van der Waals surface area contributed by atoms with Gasteiger partial charge in [0.05, 0.1) is 0 Å². The van der Waals surface area contributed by atoms with Crippen LogP contribution in [-0.4, -0.2) is 14.5 Å². The van der Waals surface area contributed by atoms with Gasteiger partial charge in [-0.1, -0.05) is 91.7 Å². The van der Waals surface area contributed by atoms with Gasteiger partial charge in [0.25, 0.3) is 0 Å². The van der Waals surface area contributed by atoms with Crippen LogP contribution in [0.2, 0.25) is 0 Å². The minimum atomic E-state index is 0. The van der Waals surface area contributed by atoms with Gasteiger partial charge in [-0.05, 0) is 145 Å².